The second-order valence-electron chi connectivity index (χ2n) is 4.67. The third-order valence-electron chi connectivity index (χ3n) is 2.92. The Morgan fingerprint density at radius 3 is 2.60 bits per heavy atom. The Hall–Kier alpha value is -3.07. The molecule has 0 aliphatic heterocycles. The summed E-state index contributed by atoms with van der Waals surface area (Å²) in [7, 11) is 0. The maximum absolute atomic E-state index is 13.4. The third kappa shape index (κ3) is 4.70. The van der Waals surface area contributed by atoms with Crippen LogP contribution < -0.4 is 5.32 Å². The van der Waals surface area contributed by atoms with Gasteiger partial charge in [-0.15, -0.1) is 0 Å². The van der Waals surface area contributed by atoms with Gasteiger partial charge in [0.1, 0.15) is 11.6 Å². The number of non-ortho nitro benzene ring substituents is 1. The average Bonchev–Trinajstić information content (AvgIpc) is 2.56. The zero-order chi connectivity index (χ0) is 18.6. The van der Waals surface area contributed by atoms with Crippen LogP contribution >= 0.6 is 11.6 Å². The number of anilines is 1. The molecule has 2 aromatic carbocycles. The van der Waals surface area contributed by atoms with Crippen molar-refractivity contribution in [3.8, 4) is 0 Å². The topological polar surface area (TPSA) is 98.5 Å². The lowest BCUT2D eigenvalue weighted by molar-refractivity contribution is -0.384. The van der Waals surface area contributed by atoms with Gasteiger partial charge < -0.3 is 10.1 Å². The molecule has 0 aliphatic carbocycles. The zero-order valence-corrected chi connectivity index (χ0v) is 13.0. The number of ether oxygens (including phenoxy) is 1. The van der Waals surface area contributed by atoms with Crippen LogP contribution in [0.1, 0.15) is 10.4 Å². The van der Waals surface area contributed by atoms with Crippen LogP contribution in [0.2, 0.25) is 5.02 Å². The molecule has 0 atom stereocenters. The van der Waals surface area contributed by atoms with Crippen LogP contribution in [0, 0.1) is 21.7 Å². The van der Waals surface area contributed by atoms with Crippen LogP contribution in [0.25, 0.3) is 0 Å². The number of hydrogen-bond donors (Lipinski definition) is 1. The van der Waals surface area contributed by atoms with E-state index < -0.39 is 40.7 Å². The molecular weight excluding hydrogens is 362 g/mol. The molecule has 0 spiro atoms. The van der Waals surface area contributed by atoms with Crippen LogP contribution in [-0.2, 0) is 9.53 Å². The number of nitro groups is 1. The Morgan fingerprint density at radius 2 is 1.92 bits per heavy atom. The van der Waals surface area contributed by atoms with Gasteiger partial charge in [-0.1, -0.05) is 11.6 Å². The minimum Gasteiger partial charge on any atom is -0.452 e. The van der Waals surface area contributed by atoms with E-state index in [9.17, 15) is 28.5 Å². The summed E-state index contributed by atoms with van der Waals surface area (Å²) in [6.45, 7) is -0.826. The van der Waals surface area contributed by atoms with Gasteiger partial charge in [0.05, 0.1) is 21.2 Å². The van der Waals surface area contributed by atoms with Crippen molar-refractivity contribution in [2.45, 2.75) is 0 Å². The fourth-order valence-electron chi connectivity index (χ4n) is 1.77. The highest BCUT2D eigenvalue weighted by Crippen LogP contribution is 2.23. The SMILES string of the molecule is O=C(COC(=O)c1cc([N+](=O)[O-])ccc1Cl)Nc1cc(F)ccc1F. The van der Waals surface area contributed by atoms with E-state index >= 15 is 0 Å². The van der Waals surface area contributed by atoms with E-state index in [2.05, 4.69) is 4.74 Å². The third-order valence-corrected chi connectivity index (χ3v) is 3.25. The fraction of sp³-hybridized carbons (Fsp3) is 0.0667. The van der Waals surface area contributed by atoms with Crippen molar-refractivity contribution in [1.82, 2.24) is 0 Å². The summed E-state index contributed by atoms with van der Waals surface area (Å²) in [6, 6.07) is 5.58. The highest BCUT2D eigenvalue weighted by atomic mass is 35.5. The molecule has 0 heterocycles. The van der Waals surface area contributed by atoms with E-state index in [0.717, 1.165) is 36.4 Å². The maximum Gasteiger partial charge on any atom is 0.340 e. The van der Waals surface area contributed by atoms with E-state index in [4.69, 9.17) is 11.6 Å². The van der Waals surface area contributed by atoms with Gasteiger partial charge in [-0.3, -0.25) is 14.9 Å². The van der Waals surface area contributed by atoms with Gasteiger partial charge in [0, 0.05) is 18.2 Å². The van der Waals surface area contributed by atoms with Gasteiger partial charge in [0.25, 0.3) is 11.6 Å². The molecule has 2 rings (SSSR count). The van der Waals surface area contributed by atoms with Crippen molar-refractivity contribution in [2.75, 3.05) is 11.9 Å². The number of amides is 1. The monoisotopic (exact) mass is 370 g/mol. The minimum atomic E-state index is -1.08. The number of rotatable bonds is 5. The molecule has 1 amide bonds. The quantitative estimate of drug-likeness (QED) is 0.494. The van der Waals surface area contributed by atoms with E-state index in [1.54, 1.807) is 0 Å². The van der Waals surface area contributed by atoms with Crippen molar-refractivity contribution in [3.63, 3.8) is 0 Å². The molecule has 25 heavy (non-hydrogen) atoms. The predicted octanol–water partition coefficient (Wildman–Crippen LogP) is 3.32. The van der Waals surface area contributed by atoms with Gasteiger partial charge in [-0.25, -0.2) is 13.6 Å². The lowest BCUT2D eigenvalue weighted by Crippen LogP contribution is -2.21. The zero-order valence-electron chi connectivity index (χ0n) is 12.3. The van der Waals surface area contributed by atoms with Gasteiger partial charge >= 0.3 is 5.97 Å². The average molecular weight is 371 g/mol. The van der Waals surface area contributed by atoms with Crippen LogP contribution in [0.4, 0.5) is 20.2 Å². The van der Waals surface area contributed by atoms with E-state index in [0.29, 0.717) is 0 Å². The number of carbonyl (C=O) groups is 2. The Kier molecular flexibility index (Phi) is 5.60. The van der Waals surface area contributed by atoms with Crippen molar-refractivity contribution in [3.05, 3.63) is 68.7 Å². The molecule has 10 heteroatoms. The first-order valence-corrected chi connectivity index (χ1v) is 7.01. The number of halogens is 3. The first-order chi connectivity index (χ1) is 11.8. The van der Waals surface area contributed by atoms with Crippen molar-refractivity contribution >= 4 is 34.9 Å². The Labute approximate surface area is 144 Å². The van der Waals surface area contributed by atoms with Crippen LogP contribution in [0.3, 0.4) is 0 Å². The molecule has 7 nitrogen and oxygen atoms in total. The summed E-state index contributed by atoms with van der Waals surface area (Å²) in [4.78, 5) is 33.5. The van der Waals surface area contributed by atoms with E-state index in [-0.39, 0.29) is 16.3 Å². The summed E-state index contributed by atoms with van der Waals surface area (Å²) < 4.78 is 31.1. The predicted molar refractivity (Wildman–Crippen MR) is 83.4 cm³/mol. The van der Waals surface area contributed by atoms with Crippen LogP contribution in [0.15, 0.2) is 36.4 Å². The van der Waals surface area contributed by atoms with E-state index in [1.165, 1.54) is 0 Å². The Bertz CT molecular complexity index is 860. The number of carbonyl (C=O) groups excluding carboxylic acids is 2. The first-order valence-electron chi connectivity index (χ1n) is 6.64. The second kappa shape index (κ2) is 7.67. The number of esters is 1. The van der Waals surface area contributed by atoms with E-state index in [1.807, 2.05) is 5.32 Å². The smallest absolute Gasteiger partial charge is 0.340 e. The summed E-state index contributed by atoms with van der Waals surface area (Å²) in [6.07, 6.45) is 0. The standard InChI is InChI=1S/C15H9ClF2N2O5/c16-11-3-2-9(20(23)24)6-10(11)15(22)25-7-14(21)19-13-5-8(17)1-4-12(13)18/h1-6H,7H2,(H,19,21). The maximum atomic E-state index is 13.4. The second-order valence-corrected chi connectivity index (χ2v) is 5.08. The van der Waals surface area contributed by atoms with Crippen molar-refractivity contribution < 1.29 is 28.0 Å². The highest BCUT2D eigenvalue weighted by molar-refractivity contribution is 6.33. The molecule has 130 valence electrons. The molecule has 0 bridgehead atoms. The number of hydrogen-bond acceptors (Lipinski definition) is 5. The van der Waals surface area contributed by atoms with Crippen LogP contribution in [0.5, 0.6) is 0 Å². The lowest BCUT2D eigenvalue weighted by Gasteiger charge is -2.08. The highest BCUT2D eigenvalue weighted by Gasteiger charge is 2.18. The van der Waals surface area contributed by atoms with Crippen molar-refractivity contribution in [2.24, 2.45) is 0 Å². The minimum absolute atomic E-state index is 0.104. The van der Waals surface area contributed by atoms with Crippen LogP contribution in [-0.4, -0.2) is 23.4 Å². The number of nitro benzene ring substituents is 1. The number of benzene rings is 2. The molecule has 0 unspecified atom stereocenters. The molecule has 2 aromatic rings. The van der Waals surface area contributed by atoms with Gasteiger partial charge in [-0.2, -0.15) is 0 Å². The molecule has 1 N–H and O–H groups in total. The first kappa shape index (κ1) is 18.3. The van der Waals surface area contributed by atoms with Gasteiger partial charge in [0.2, 0.25) is 0 Å². The lowest BCUT2D eigenvalue weighted by atomic mass is 10.2. The largest absolute Gasteiger partial charge is 0.452 e. The van der Waals surface area contributed by atoms with Gasteiger partial charge in [-0.05, 0) is 18.2 Å². The summed E-state index contributed by atoms with van der Waals surface area (Å²) in [5.74, 6) is -3.65. The molecule has 0 aliphatic rings. The molecule has 0 fully saturated rings. The number of nitrogens with zero attached hydrogens (tertiary/aromatic N) is 1. The Balaban J connectivity index is 2.02. The number of nitrogens with one attached hydrogen (secondary N) is 1. The molecular formula is C15H9ClF2N2O5. The van der Waals surface area contributed by atoms with Gasteiger partial charge in [0.15, 0.2) is 6.61 Å². The Morgan fingerprint density at radius 1 is 1.20 bits per heavy atom. The van der Waals surface area contributed by atoms with Crippen molar-refractivity contribution in [1.29, 1.82) is 0 Å². The molecule has 0 saturated heterocycles. The molecule has 0 saturated carbocycles. The summed E-state index contributed by atoms with van der Waals surface area (Å²) >= 11 is 5.76. The molecule has 0 radical (unpaired) electrons. The summed E-state index contributed by atoms with van der Waals surface area (Å²) in [5.41, 5.74) is -1.11. The summed E-state index contributed by atoms with van der Waals surface area (Å²) in [5, 5.41) is 12.6. The fourth-order valence-corrected chi connectivity index (χ4v) is 1.97. The molecule has 0 aromatic heterocycles. The normalized spacial score (nSPS) is 10.2.